The average Bonchev–Trinajstić information content (AvgIpc) is 3.27. The van der Waals surface area contributed by atoms with Gasteiger partial charge in [0.15, 0.2) is 23.0 Å². The monoisotopic (exact) mass is 478 g/mol. The number of amides is 1. The van der Waals surface area contributed by atoms with E-state index >= 15 is 0 Å². The predicted octanol–water partition coefficient (Wildman–Crippen LogP) is 4.96. The largest absolute Gasteiger partial charge is 0.493 e. The molecule has 0 spiro atoms. The summed E-state index contributed by atoms with van der Waals surface area (Å²) in [6.45, 7) is 3.68. The molecule has 7 heteroatoms. The average molecular weight is 479 g/mol. The van der Waals surface area contributed by atoms with E-state index in [4.69, 9.17) is 18.9 Å². The number of hydrogen-bond acceptors (Lipinski definition) is 6. The molecule has 2 aliphatic rings. The molecule has 2 atom stereocenters. The van der Waals surface area contributed by atoms with Crippen LogP contribution in [0.1, 0.15) is 49.8 Å². The second-order valence-corrected chi connectivity index (χ2v) is 9.31. The van der Waals surface area contributed by atoms with Crippen molar-refractivity contribution >= 4 is 27.5 Å². The van der Waals surface area contributed by atoms with Gasteiger partial charge >= 0.3 is 0 Å². The van der Waals surface area contributed by atoms with E-state index in [9.17, 15) is 4.79 Å². The zero-order valence-corrected chi connectivity index (χ0v) is 21.2. The number of benzene rings is 3. The SMILES string of the molecule is CCCCN[C@@H]1c2c(c3cc(OC)c(OC)cc3c3cc(OC)c(OC)cc23)CN2C(=O)CC[C@H]12. The number of carbonyl (C=O) groups is 1. The van der Waals surface area contributed by atoms with E-state index in [0.29, 0.717) is 36.0 Å². The Hall–Kier alpha value is -3.19. The van der Waals surface area contributed by atoms with Crippen LogP contribution in [0.2, 0.25) is 0 Å². The van der Waals surface area contributed by atoms with Crippen LogP contribution in [-0.4, -0.2) is 51.8 Å². The molecular formula is C28H34N2O5. The molecule has 0 bridgehead atoms. The van der Waals surface area contributed by atoms with Crippen LogP contribution in [0.5, 0.6) is 23.0 Å². The number of rotatable bonds is 8. The van der Waals surface area contributed by atoms with E-state index in [1.807, 2.05) is 12.1 Å². The third-order valence-corrected chi connectivity index (χ3v) is 7.57. The maximum atomic E-state index is 12.9. The summed E-state index contributed by atoms with van der Waals surface area (Å²) in [4.78, 5) is 15.0. The Morgan fingerprint density at radius 1 is 0.857 bits per heavy atom. The zero-order chi connectivity index (χ0) is 24.7. The number of nitrogens with one attached hydrogen (secondary N) is 1. The summed E-state index contributed by atoms with van der Waals surface area (Å²) in [5.74, 6) is 2.94. The first-order valence-corrected chi connectivity index (χ1v) is 12.3. The number of ether oxygens (including phenoxy) is 4. The van der Waals surface area contributed by atoms with Gasteiger partial charge in [0.2, 0.25) is 5.91 Å². The molecule has 0 aliphatic carbocycles. The first kappa shape index (κ1) is 23.5. The number of hydrogen-bond donors (Lipinski definition) is 1. The Bertz CT molecular complexity index is 1290. The van der Waals surface area contributed by atoms with Crippen LogP contribution < -0.4 is 24.3 Å². The number of methoxy groups -OCH3 is 4. The number of nitrogens with zero attached hydrogens (tertiary/aromatic N) is 1. The number of unbranched alkanes of at least 4 members (excludes halogenated alkanes) is 1. The summed E-state index contributed by atoms with van der Waals surface area (Å²) in [5, 5.41) is 8.11. The van der Waals surface area contributed by atoms with Crippen molar-refractivity contribution in [2.75, 3.05) is 35.0 Å². The Labute approximate surface area is 206 Å². The van der Waals surface area contributed by atoms with Crippen molar-refractivity contribution < 1.29 is 23.7 Å². The highest BCUT2D eigenvalue weighted by Gasteiger charge is 2.43. The lowest BCUT2D eigenvalue weighted by Crippen LogP contribution is -2.46. The minimum Gasteiger partial charge on any atom is -0.493 e. The lowest BCUT2D eigenvalue weighted by Gasteiger charge is -2.40. The van der Waals surface area contributed by atoms with Gasteiger partial charge in [-0.2, -0.15) is 0 Å². The molecule has 5 rings (SSSR count). The normalized spacial score (nSPS) is 19.1. The van der Waals surface area contributed by atoms with Crippen molar-refractivity contribution in [3.05, 3.63) is 35.4 Å². The third-order valence-electron chi connectivity index (χ3n) is 7.57. The maximum absolute atomic E-state index is 12.9. The van der Waals surface area contributed by atoms with Crippen LogP contribution in [0.15, 0.2) is 24.3 Å². The predicted molar refractivity (Wildman–Crippen MR) is 137 cm³/mol. The standard InChI is InChI=1S/C28H34N2O5/c1-6-7-10-29-28-21-8-9-26(31)30(21)15-20-18-13-24(34-4)22(32-2)11-16(18)17-12-23(33-3)25(35-5)14-19(17)27(20)28/h11-14,21,28-29H,6-10,15H2,1-5H3/t21-,28+/m1/s1. The van der Waals surface area contributed by atoms with Gasteiger partial charge in [-0.05, 0) is 76.3 Å². The molecule has 0 radical (unpaired) electrons. The molecule has 1 saturated heterocycles. The molecule has 2 heterocycles. The summed E-state index contributed by atoms with van der Waals surface area (Å²) in [6.07, 6.45) is 3.65. The molecule has 3 aromatic carbocycles. The second kappa shape index (κ2) is 9.46. The van der Waals surface area contributed by atoms with Gasteiger partial charge in [0, 0.05) is 13.0 Å². The van der Waals surface area contributed by atoms with Crippen molar-refractivity contribution in [1.29, 1.82) is 0 Å². The summed E-state index contributed by atoms with van der Waals surface area (Å²) in [6, 6.07) is 8.39. The molecule has 0 unspecified atom stereocenters. The molecule has 0 saturated carbocycles. The summed E-state index contributed by atoms with van der Waals surface area (Å²) in [7, 11) is 6.62. The van der Waals surface area contributed by atoms with E-state index in [1.165, 1.54) is 5.56 Å². The Kier molecular flexibility index (Phi) is 6.36. The Balaban J connectivity index is 1.88. The van der Waals surface area contributed by atoms with Gasteiger partial charge in [-0.3, -0.25) is 4.79 Å². The van der Waals surface area contributed by atoms with Crippen LogP contribution in [0.25, 0.3) is 21.5 Å². The molecule has 3 aromatic rings. The van der Waals surface area contributed by atoms with Gasteiger partial charge in [0.05, 0.1) is 40.5 Å². The van der Waals surface area contributed by atoms with Crippen LogP contribution >= 0.6 is 0 Å². The maximum Gasteiger partial charge on any atom is 0.223 e. The summed E-state index contributed by atoms with van der Waals surface area (Å²) in [5.41, 5.74) is 2.40. The minimum absolute atomic E-state index is 0.0369. The van der Waals surface area contributed by atoms with Crippen LogP contribution in [0.4, 0.5) is 0 Å². The molecule has 2 aliphatic heterocycles. The highest BCUT2D eigenvalue weighted by molar-refractivity contribution is 6.13. The topological polar surface area (TPSA) is 69.3 Å². The molecular weight excluding hydrogens is 444 g/mol. The molecule has 186 valence electrons. The lowest BCUT2D eigenvalue weighted by atomic mass is 9.81. The van der Waals surface area contributed by atoms with Gasteiger partial charge in [-0.25, -0.2) is 0 Å². The van der Waals surface area contributed by atoms with Gasteiger partial charge in [-0.1, -0.05) is 13.3 Å². The van der Waals surface area contributed by atoms with Crippen LogP contribution in [0.3, 0.4) is 0 Å². The fourth-order valence-electron chi connectivity index (χ4n) is 5.85. The molecule has 1 amide bonds. The second-order valence-electron chi connectivity index (χ2n) is 9.31. The fraction of sp³-hybridized carbons (Fsp3) is 0.464. The van der Waals surface area contributed by atoms with Crippen molar-refractivity contribution in [2.45, 2.75) is 51.2 Å². The Morgan fingerprint density at radius 2 is 1.40 bits per heavy atom. The molecule has 1 N–H and O–H groups in total. The van der Waals surface area contributed by atoms with Gasteiger partial charge < -0.3 is 29.2 Å². The number of fused-ring (bicyclic) bond motifs is 7. The third kappa shape index (κ3) is 3.73. The molecule has 0 aromatic heterocycles. The summed E-state index contributed by atoms with van der Waals surface area (Å²) < 4.78 is 22.7. The highest BCUT2D eigenvalue weighted by atomic mass is 16.5. The van der Waals surface area contributed by atoms with E-state index in [-0.39, 0.29) is 18.0 Å². The van der Waals surface area contributed by atoms with Crippen LogP contribution in [0, 0.1) is 0 Å². The van der Waals surface area contributed by atoms with E-state index in [0.717, 1.165) is 52.9 Å². The van der Waals surface area contributed by atoms with E-state index in [2.05, 4.69) is 29.3 Å². The lowest BCUT2D eigenvalue weighted by molar-refractivity contribution is -0.130. The van der Waals surface area contributed by atoms with Gasteiger partial charge in [0.1, 0.15) is 0 Å². The first-order chi connectivity index (χ1) is 17.1. The zero-order valence-electron chi connectivity index (χ0n) is 21.2. The minimum atomic E-state index is 0.0369. The van der Waals surface area contributed by atoms with Crippen molar-refractivity contribution in [3.63, 3.8) is 0 Å². The van der Waals surface area contributed by atoms with Gasteiger partial charge in [-0.15, -0.1) is 0 Å². The van der Waals surface area contributed by atoms with E-state index in [1.54, 1.807) is 28.4 Å². The number of carbonyl (C=O) groups excluding carboxylic acids is 1. The first-order valence-electron chi connectivity index (χ1n) is 12.3. The van der Waals surface area contributed by atoms with Crippen LogP contribution in [-0.2, 0) is 11.3 Å². The van der Waals surface area contributed by atoms with E-state index < -0.39 is 0 Å². The highest BCUT2D eigenvalue weighted by Crippen LogP contribution is 2.49. The Morgan fingerprint density at radius 3 is 1.97 bits per heavy atom. The van der Waals surface area contributed by atoms with Gasteiger partial charge in [0.25, 0.3) is 0 Å². The molecule has 7 nitrogen and oxygen atoms in total. The fourth-order valence-corrected chi connectivity index (χ4v) is 5.85. The summed E-state index contributed by atoms with van der Waals surface area (Å²) >= 11 is 0. The smallest absolute Gasteiger partial charge is 0.223 e. The van der Waals surface area contributed by atoms with Crippen molar-refractivity contribution in [3.8, 4) is 23.0 Å². The van der Waals surface area contributed by atoms with Crippen molar-refractivity contribution in [1.82, 2.24) is 10.2 Å². The quantitative estimate of drug-likeness (QED) is 0.364. The molecule has 35 heavy (non-hydrogen) atoms. The van der Waals surface area contributed by atoms with Crippen molar-refractivity contribution in [2.24, 2.45) is 0 Å². The molecule has 1 fully saturated rings.